The van der Waals surface area contributed by atoms with Crippen molar-refractivity contribution in [2.24, 2.45) is 0 Å². The van der Waals surface area contributed by atoms with Gasteiger partial charge in [-0.3, -0.25) is 0 Å². The van der Waals surface area contributed by atoms with Crippen molar-refractivity contribution in [3.8, 4) is 0 Å². The highest BCUT2D eigenvalue weighted by molar-refractivity contribution is 5.77. The molecule has 1 aromatic heterocycles. The number of nitrogens with one attached hydrogen (secondary N) is 1. The molecule has 4 heteroatoms. The standard InChI is InChI=1S/C12H17N3O/c1-15(8-5-9-16-2)12-13-10-6-3-4-7-11(10)14-12/h3-4,6-7H,5,8-9H2,1-2H3,(H,13,14). The van der Waals surface area contributed by atoms with E-state index in [4.69, 9.17) is 4.74 Å². The molecule has 0 fully saturated rings. The minimum Gasteiger partial charge on any atom is -0.385 e. The lowest BCUT2D eigenvalue weighted by Crippen LogP contribution is -2.20. The van der Waals surface area contributed by atoms with E-state index >= 15 is 0 Å². The molecule has 0 aliphatic carbocycles. The molecule has 0 bridgehead atoms. The fourth-order valence-corrected chi connectivity index (χ4v) is 1.67. The zero-order chi connectivity index (χ0) is 11.4. The first-order chi connectivity index (χ1) is 7.81. The summed E-state index contributed by atoms with van der Waals surface area (Å²) in [5.74, 6) is 0.914. The topological polar surface area (TPSA) is 41.1 Å². The van der Waals surface area contributed by atoms with E-state index in [0.29, 0.717) is 0 Å². The number of methoxy groups -OCH3 is 1. The highest BCUT2D eigenvalue weighted by atomic mass is 16.5. The third-order valence-electron chi connectivity index (χ3n) is 2.58. The van der Waals surface area contributed by atoms with Gasteiger partial charge in [0, 0.05) is 27.3 Å². The van der Waals surface area contributed by atoms with Gasteiger partial charge in [0.25, 0.3) is 0 Å². The average molecular weight is 219 g/mol. The number of hydrogen-bond acceptors (Lipinski definition) is 3. The van der Waals surface area contributed by atoms with Crippen LogP contribution in [0.1, 0.15) is 6.42 Å². The first kappa shape index (κ1) is 11.0. The SMILES string of the molecule is COCCCN(C)c1nc2ccccc2[nH]1. The zero-order valence-electron chi connectivity index (χ0n) is 9.73. The largest absolute Gasteiger partial charge is 0.385 e. The Morgan fingerprint density at radius 1 is 1.38 bits per heavy atom. The number of H-pyrrole nitrogens is 1. The Hall–Kier alpha value is -1.55. The molecule has 1 aromatic carbocycles. The highest BCUT2D eigenvalue weighted by Gasteiger charge is 2.05. The fourth-order valence-electron chi connectivity index (χ4n) is 1.67. The molecule has 0 saturated carbocycles. The van der Waals surface area contributed by atoms with Crippen LogP contribution in [0.4, 0.5) is 5.95 Å². The van der Waals surface area contributed by atoms with E-state index in [1.807, 2.05) is 31.3 Å². The number of hydrogen-bond donors (Lipinski definition) is 1. The second kappa shape index (κ2) is 4.99. The molecule has 4 nitrogen and oxygen atoms in total. The van der Waals surface area contributed by atoms with Crippen LogP contribution in [0.2, 0.25) is 0 Å². The van der Waals surface area contributed by atoms with E-state index in [-0.39, 0.29) is 0 Å². The summed E-state index contributed by atoms with van der Waals surface area (Å²) >= 11 is 0. The van der Waals surface area contributed by atoms with Crippen LogP contribution in [0.5, 0.6) is 0 Å². The van der Waals surface area contributed by atoms with Gasteiger partial charge in [-0.25, -0.2) is 4.98 Å². The molecule has 1 heterocycles. The maximum absolute atomic E-state index is 5.03. The van der Waals surface area contributed by atoms with Gasteiger partial charge in [-0.15, -0.1) is 0 Å². The van der Waals surface area contributed by atoms with Crippen LogP contribution in [0, 0.1) is 0 Å². The molecule has 0 radical (unpaired) electrons. The van der Waals surface area contributed by atoms with Crippen molar-refractivity contribution in [1.29, 1.82) is 0 Å². The van der Waals surface area contributed by atoms with Crippen LogP contribution < -0.4 is 4.90 Å². The molecule has 0 spiro atoms. The molecule has 0 aliphatic rings. The van der Waals surface area contributed by atoms with Crippen LogP contribution >= 0.6 is 0 Å². The van der Waals surface area contributed by atoms with Gasteiger partial charge in [0.2, 0.25) is 5.95 Å². The Morgan fingerprint density at radius 3 is 2.94 bits per heavy atom. The van der Waals surface area contributed by atoms with E-state index in [0.717, 1.165) is 36.6 Å². The van der Waals surface area contributed by atoms with Crippen LogP contribution in [-0.4, -0.2) is 37.3 Å². The predicted molar refractivity (Wildman–Crippen MR) is 65.9 cm³/mol. The van der Waals surface area contributed by atoms with Gasteiger partial charge < -0.3 is 14.6 Å². The molecule has 0 saturated heterocycles. The second-order valence-corrected chi connectivity index (χ2v) is 3.85. The van der Waals surface area contributed by atoms with Gasteiger partial charge in [-0.2, -0.15) is 0 Å². The maximum Gasteiger partial charge on any atom is 0.203 e. The minimum atomic E-state index is 0.782. The first-order valence-corrected chi connectivity index (χ1v) is 5.46. The molecule has 2 aromatic rings. The van der Waals surface area contributed by atoms with Crippen LogP contribution in [0.25, 0.3) is 11.0 Å². The lowest BCUT2D eigenvalue weighted by atomic mass is 10.3. The normalized spacial score (nSPS) is 10.9. The zero-order valence-corrected chi connectivity index (χ0v) is 9.73. The Morgan fingerprint density at radius 2 is 2.19 bits per heavy atom. The molecular formula is C12H17N3O. The smallest absolute Gasteiger partial charge is 0.203 e. The second-order valence-electron chi connectivity index (χ2n) is 3.85. The summed E-state index contributed by atoms with van der Waals surface area (Å²) in [6, 6.07) is 8.06. The lowest BCUT2D eigenvalue weighted by molar-refractivity contribution is 0.196. The van der Waals surface area contributed by atoms with Crippen LogP contribution in [-0.2, 0) is 4.74 Å². The van der Waals surface area contributed by atoms with E-state index < -0.39 is 0 Å². The Balaban J connectivity index is 2.07. The number of ether oxygens (including phenoxy) is 1. The van der Waals surface area contributed by atoms with E-state index in [2.05, 4.69) is 14.9 Å². The number of aromatic amines is 1. The van der Waals surface area contributed by atoms with Crippen molar-refractivity contribution in [2.45, 2.75) is 6.42 Å². The number of rotatable bonds is 5. The minimum absolute atomic E-state index is 0.782. The van der Waals surface area contributed by atoms with E-state index in [9.17, 15) is 0 Å². The predicted octanol–water partition coefficient (Wildman–Crippen LogP) is 2.04. The molecule has 1 N–H and O–H groups in total. The number of aromatic nitrogens is 2. The monoisotopic (exact) mass is 219 g/mol. The van der Waals surface area contributed by atoms with Gasteiger partial charge in [0.05, 0.1) is 11.0 Å². The number of fused-ring (bicyclic) bond motifs is 1. The molecule has 2 rings (SSSR count). The molecule has 0 atom stereocenters. The number of nitrogens with zero attached hydrogens (tertiary/aromatic N) is 2. The summed E-state index contributed by atoms with van der Waals surface area (Å²) in [5.41, 5.74) is 2.09. The number of benzene rings is 1. The average Bonchev–Trinajstić information content (AvgIpc) is 2.73. The van der Waals surface area contributed by atoms with Crippen molar-refractivity contribution in [2.75, 3.05) is 32.2 Å². The quantitative estimate of drug-likeness (QED) is 0.782. The number of imidazole rings is 1. The third kappa shape index (κ3) is 2.33. The molecule has 0 amide bonds. The summed E-state index contributed by atoms with van der Waals surface area (Å²) in [7, 11) is 3.76. The summed E-state index contributed by atoms with van der Waals surface area (Å²) in [6.45, 7) is 1.72. The molecule has 0 aliphatic heterocycles. The van der Waals surface area contributed by atoms with Gasteiger partial charge in [0.15, 0.2) is 0 Å². The molecule has 0 unspecified atom stereocenters. The highest BCUT2D eigenvalue weighted by Crippen LogP contribution is 2.15. The third-order valence-corrected chi connectivity index (χ3v) is 2.58. The molecule has 86 valence electrons. The Bertz CT molecular complexity index is 419. The Kier molecular flexibility index (Phi) is 3.41. The van der Waals surface area contributed by atoms with Crippen LogP contribution in [0.15, 0.2) is 24.3 Å². The summed E-state index contributed by atoms with van der Waals surface area (Å²) in [6.07, 6.45) is 1.00. The van der Waals surface area contributed by atoms with Crippen molar-refractivity contribution in [1.82, 2.24) is 9.97 Å². The van der Waals surface area contributed by atoms with Gasteiger partial charge in [0.1, 0.15) is 0 Å². The summed E-state index contributed by atoms with van der Waals surface area (Å²) in [4.78, 5) is 9.93. The van der Waals surface area contributed by atoms with Gasteiger partial charge in [-0.05, 0) is 18.6 Å². The lowest BCUT2D eigenvalue weighted by Gasteiger charge is -2.14. The number of para-hydroxylation sites is 2. The number of anilines is 1. The first-order valence-electron chi connectivity index (χ1n) is 5.46. The van der Waals surface area contributed by atoms with Crippen molar-refractivity contribution >= 4 is 17.0 Å². The van der Waals surface area contributed by atoms with Crippen molar-refractivity contribution in [3.63, 3.8) is 0 Å². The summed E-state index contributed by atoms with van der Waals surface area (Å²) in [5, 5.41) is 0. The van der Waals surface area contributed by atoms with Crippen LogP contribution in [0.3, 0.4) is 0 Å². The van der Waals surface area contributed by atoms with E-state index in [1.165, 1.54) is 0 Å². The van der Waals surface area contributed by atoms with Gasteiger partial charge >= 0.3 is 0 Å². The van der Waals surface area contributed by atoms with Crippen molar-refractivity contribution < 1.29 is 4.74 Å². The molecular weight excluding hydrogens is 202 g/mol. The Labute approximate surface area is 95.2 Å². The van der Waals surface area contributed by atoms with Crippen molar-refractivity contribution in [3.05, 3.63) is 24.3 Å². The maximum atomic E-state index is 5.03. The van der Waals surface area contributed by atoms with Gasteiger partial charge in [-0.1, -0.05) is 12.1 Å². The fraction of sp³-hybridized carbons (Fsp3) is 0.417. The van der Waals surface area contributed by atoms with E-state index in [1.54, 1.807) is 7.11 Å². The molecule has 16 heavy (non-hydrogen) atoms. The summed E-state index contributed by atoms with van der Waals surface area (Å²) < 4.78 is 5.03.